The van der Waals surface area contributed by atoms with E-state index in [1.54, 1.807) is 0 Å². The molecular weight excluding hydrogens is 208 g/mol. The lowest BCUT2D eigenvalue weighted by Gasteiger charge is -2.13. The van der Waals surface area contributed by atoms with Crippen LogP contribution in [0.15, 0.2) is 48.5 Å². The van der Waals surface area contributed by atoms with Crippen LogP contribution in [0.5, 0.6) is 5.75 Å². The zero-order valence-electron chi connectivity index (χ0n) is 10.6. The molecule has 0 spiro atoms. The summed E-state index contributed by atoms with van der Waals surface area (Å²) in [6.45, 7) is 6.18. The third-order valence-electron chi connectivity index (χ3n) is 2.64. The average molecular weight is 226 g/mol. The van der Waals surface area contributed by atoms with Crippen LogP contribution in [0, 0.1) is 6.92 Å². The van der Waals surface area contributed by atoms with E-state index in [0.29, 0.717) is 0 Å². The summed E-state index contributed by atoms with van der Waals surface area (Å²) in [7, 11) is 0. The second kappa shape index (κ2) is 5.05. The van der Waals surface area contributed by atoms with E-state index in [2.05, 4.69) is 49.4 Å². The Labute approximate surface area is 103 Å². The highest BCUT2D eigenvalue weighted by molar-refractivity contribution is 5.65. The molecular formula is C16H18O. The number of benzene rings is 2. The minimum Gasteiger partial charge on any atom is -0.491 e. The molecule has 0 aromatic heterocycles. The largest absolute Gasteiger partial charge is 0.491 e. The SMILES string of the molecule is Cc1cc(-c2ccccc2)ccc1OC(C)C. The first kappa shape index (κ1) is 11.7. The topological polar surface area (TPSA) is 9.23 Å². The van der Waals surface area contributed by atoms with Gasteiger partial charge in [0, 0.05) is 0 Å². The van der Waals surface area contributed by atoms with Gasteiger partial charge in [-0.3, -0.25) is 0 Å². The Morgan fingerprint density at radius 1 is 0.882 bits per heavy atom. The fourth-order valence-electron chi connectivity index (χ4n) is 1.85. The molecule has 0 atom stereocenters. The van der Waals surface area contributed by atoms with Gasteiger partial charge in [0.15, 0.2) is 0 Å². The van der Waals surface area contributed by atoms with Crippen molar-refractivity contribution < 1.29 is 4.74 Å². The summed E-state index contributed by atoms with van der Waals surface area (Å²) in [5.74, 6) is 0.972. The molecule has 0 heterocycles. The maximum Gasteiger partial charge on any atom is 0.122 e. The summed E-state index contributed by atoms with van der Waals surface area (Å²) in [4.78, 5) is 0. The van der Waals surface area contributed by atoms with Crippen LogP contribution in [-0.4, -0.2) is 6.10 Å². The number of rotatable bonds is 3. The van der Waals surface area contributed by atoms with Gasteiger partial charge >= 0.3 is 0 Å². The van der Waals surface area contributed by atoms with E-state index >= 15 is 0 Å². The Kier molecular flexibility index (Phi) is 3.48. The lowest BCUT2D eigenvalue weighted by molar-refractivity contribution is 0.241. The van der Waals surface area contributed by atoms with E-state index in [1.807, 2.05) is 19.9 Å². The quantitative estimate of drug-likeness (QED) is 0.751. The van der Waals surface area contributed by atoms with Crippen LogP contribution in [0.25, 0.3) is 11.1 Å². The Balaban J connectivity index is 2.31. The molecule has 0 bridgehead atoms. The van der Waals surface area contributed by atoms with E-state index in [-0.39, 0.29) is 6.10 Å². The van der Waals surface area contributed by atoms with Crippen molar-refractivity contribution in [1.82, 2.24) is 0 Å². The fourth-order valence-corrected chi connectivity index (χ4v) is 1.85. The molecule has 0 N–H and O–H groups in total. The summed E-state index contributed by atoms with van der Waals surface area (Å²) in [6.07, 6.45) is 0.219. The van der Waals surface area contributed by atoms with Crippen LogP contribution < -0.4 is 4.74 Å². The highest BCUT2D eigenvalue weighted by Crippen LogP contribution is 2.26. The molecule has 0 saturated heterocycles. The van der Waals surface area contributed by atoms with Gasteiger partial charge in [0.05, 0.1) is 6.10 Å². The Morgan fingerprint density at radius 3 is 2.18 bits per heavy atom. The van der Waals surface area contributed by atoms with Crippen molar-refractivity contribution in [2.45, 2.75) is 26.9 Å². The maximum absolute atomic E-state index is 5.74. The van der Waals surface area contributed by atoms with Crippen molar-refractivity contribution in [2.75, 3.05) is 0 Å². The summed E-state index contributed by atoms with van der Waals surface area (Å²) >= 11 is 0. The molecule has 0 aliphatic rings. The molecule has 0 radical (unpaired) electrons. The third-order valence-corrected chi connectivity index (χ3v) is 2.64. The van der Waals surface area contributed by atoms with Crippen molar-refractivity contribution in [3.63, 3.8) is 0 Å². The van der Waals surface area contributed by atoms with Crippen LogP contribution >= 0.6 is 0 Å². The average Bonchev–Trinajstić information content (AvgIpc) is 2.32. The molecule has 1 nitrogen and oxygen atoms in total. The molecule has 88 valence electrons. The Hall–Kier alpha value is -1.76. The van der Waals surface area contributed by atoms with E-state index in [4.69, 9.17) is 4.74 Å². The van der Waals surface area contributed by atoms with Gasteiger partial charge in [0.25, 0.3) is 0 Å². The number of hydrogen-bond acceptors (Lipinski definition) is 1. The van der Waals surface area contributed by atoms with Crippen LogP contribution in [-0.2, 0) is 0 Å². The van der Waals surface area contributed by atoms with Gasteiger partial charge in [0.1, 0.15) is 5.75 Å². The normalized spacial score (nSPS) is 10.6. The predicted molar refractivity (Wildman–Crippen MR) is 72.4 cm³/mol. The van der Waals surface area contributed by atoms with E-state index in [1.165, 1.54) is 16.7 Å². The number of hydrogen-bond donors (Lipinski definition) is 0. The standard InChI is InChI=1S/C16H18O/c1-12(2)17-16-10-9-15(11-13(16)3)14-7-5-4-6-8-14/h4-12H,1-3H3. The number of aryl methyl sites for hydroxylation is 1. The summed E-state index contributed by atoms with van der Waals surface area (Å²) in [6, 6.07) is 16.7. The molecule has 0 amide bonds. The molecule has 2 aromatic rings. The summed E-state index contributed by atoms with van der Waals surface area (Å²) < 4.78 is 5.74. The van der Waals surface area contributed by atoms with Crippen molar-refractivity contribution in [3.8, 4) is 16.9 Å². The van der Waals surface area contributed by atoms with Gasteiger partial charge in [-0.05, 0) is 49.6 Å². The number of ether oxygens (including phenoxy) is 1. The molecule has 17 heavy (non-hydrogen) atoms. The maximum atomic E-state index is 5.74. The van der Waals surface area contributed by atoms with Crippen molar-refractivity contribution in [3.05, 3.63) is 54.1 Å². The monoisotopic (exact) mass is 226 g/mol. The smallest absolute Gasteiger partial charge is 0.122 e. The van der Waals surface area contributed by atoms with Gasteiger partial charge < -0.3 is 4.74 Å². The van der Waals surface area contributed by atoms with E-state index < -0.39 is 0 Å². The van der Waals surface area contributed by atoms with Gasteiger partial charge in [-0.1, -0.05) is 36.4 Å². The molecule has 0 aliphatic heterocycles. The fraction of sp³-hybridized carbons (Fsp3) is 0.250. The third kappa shape index (κ3) is 2.88. The molecule has 0 saturated carbocycles. The second-order valence-electron chi connectivity index (χ2n) is 4.51. The van der Waals surface area contributed by atoms with E-state index in [9.17, 15) is 0 Å². The minimum absolute atomic E-state index is 0.219. The minimum atomic E-state index is 0.219. The first-order chi connectivity index (χ1) is 8.16. The van der Waals surface area contributed by atoms with Crippen molar-refractivity contribution in [2.24, 2.45) is 0 Å². The molecule has 0 aliphatic carbocycles. The Morgan fingerprint density at radius 2 is 1.59 bits per heavy atom. The van der Waals surface area contributed by atoms with Gasteiger partial charge in [0.2, 0.25) is 0 Å². The van der Waals surface area contributed by atoms with Crippen LogP contribution in [0.4, 0.5) is 0 Å². The Bertz CT molecular complexity index is 486. The molecule has 2 rings (SSSR count). The van der Waals surface area contributed by atoms with Crippen LogP contribution in [0.2, 0.25) is 0 Å². The van der Waals surface area contributed by atoms with Crippen molar-refractivity contribution in [1.29, 1.82) is 0 Å². The first-order valence-electron chi connectivity index (χ1n) is 5.99. The van der Waals surface area contributed by atoms with Crippen LogP contribution in [0.1, 0.15) is 19.4 Å². The lowest BCUT2D eigenvalue weighted by atomic mass is 10.0. The van der Waals surface area contributed by atoms with Gasteiger partial charge in [-0.2, -0.15) is 0 Å². The summed E-state index contributed by atoms with van der Waals surface area (Å²) in [5.41, 5.74) is 3.66. The second-order valence-corrected chi connectivity index (χ2v) is 4.51. The van der Waals surface area contributed by atoms with Crippen molar-refractivity contribution >= 4 is 0 Å². The van der Waals surface area contributed by atoms with E-state index in [0.717, 1.165) is 5.75 Å². The van der Waals surface area contributed by atoms with Crippen LogP contribution in [0.3, 0.4) is 0 Å². The molecule has 0 unspecified atom stereocenters. The zero-order chi connectivity index (χ0) is 12.3. The zero-order valence-corrected chi connectivity index (χ0v) is 10.6. The molecule has 1 heteroatoms. The highest BCUT2D eigenvalue weighted by atomic mass is 16.5. The first-order valence-corrected chi connectivity index (χ1v) is 5.99. The van der Waals surface area contributed by atoms with Gasteiger partial charge in [-0.25, -0.2) is 0 Å². The lowest BCUT2D eigenvalue weighted by Crippen LogP contribution is -2.06. The predicted octanol–water partition coefficient (Wildman–Crippen LogP) is 4.45. The molecule has 0 fully saturated rings. The highest BCUT2D eigenvalue weighted by Gasteiger charge is 2.04. The van der Waals surface area contributed by atoms with Gasteiger partial charge in [-0.15, -0.1) is 0 Å². The summed E-state index contributed by atoms with van der Waals surface area (Å²) in [5, 5.41) is 0. The molecule has 2 aromatic carbocycles.